The summed E-state index contributed by atoms with van der Waals surface area (Å²) in [6, 6.07) is 9.52. The first-order valence-corrected chi connectivity index (χ1v) is 8.49. The number of imide groups is 1. The molecule has 2 aromatic carbocycles. The number of fused-ring (bicyclic) bond motifs is 1. The summed E-state index contributed by atoms with van der Waals surface area (Å²) in [7, 11) is 0. The van der Waals surface area contributed by atoms with Gasteiger partial charge in [0.15, 0.2) is 0 Å². The molecule has 0 saturated carbocycles. The summed E-state index contributed by atoms with van der Waals surface area (Å²) in [5.74, 6) is -2.58. The fraction of sp³-hybridized carbons (Fsp3) is 0.211. The molecule has 1 heterocycles. The molecule has 0 radical (unpaired) electrons. The molecule has 0 aliphatic carbocycles. The Kier molecular flexibility index (Phi) is 5.16. The van der Waals surface area contributed by atoms with E-state index in [-0.39, 0.29) is 24.2 Å². The number of nitro groups is 1. The van der Waals surface area contributed by atoms with Crippen LogP contribution in [-0.2, 0) is 11.3 Å². The average molecular weight is 385 g/mol. The summed E-state index contributed by atoms with van der Waals surface area (Å²) in [5.41, 5.74) is -0.315. The van der Waals surface area contributed by atoms with Crippen molar-refractivity contribution in [3.8, 4) is 0 Å². The van der Waals surface area contributed by atoms with E-state index in [0.29, 0.717) is 10.5 Å². The van der Waals surface area contributed by atoms with Crippen LogP contribution in [0.3, 0.4) is 0 Å². The van der Waals surface area contributed by atoms with Crippen LogP contribution in [0.1, 0.15) is 33.2 Å². The maximum atomic E-state index is 13.4. The van der Waals surface area contributed by atoms with Crippen molar-refractivity contribution in [2.75, 3.05) is 13.1 Å². The van der Waals surface area contributed by atoms with Crippen LogP contribution in [0.25, 0.3) is 0 Å². The number of nitrogens with zero attached hydrogens (tertiary/aromatic N) is 3. The fourth-order valence-corrected chi connectivity index (χ4v) is 3.08. The lowest BCUT2D eigenvalue weighted by Gasteiger charge is -2.23. The van der Waals surface area contributed by atoms with Crippen molar-refractivity contribution in [2.45, 2.75) is 13.5 Å². The number of rotatable bonds is 6. The molecule has 1 aliphatic heterocycles. The van der Waals surface area contributed by atoms with Gasteiger partial charge in [0.1, 0.15) is 17.9 Å². The third kappa shape index (κ3) is 3.46. The fourth-order valence-electron chi connectivity index (χ4n) is 3.08. The molecule has 0 N–H and O–H groups in total. The van der Waals surface area contributed by atoms with E-state index in [9.17, 15) is 28.9 Å². The van der Waals surface area contributed by atoms with E-state index in [0.717, 1.165) is 6.07 Å². The van der Waals surface area contributed by atoms with Gasteiger partial charge in [-0.05, 0) is 30.7 Å². The van der Waals surface area contributed by atoms with Crippen LogP contribution in [-0.4, -0.2) is 45.5 Å². The lowest BCUT2D eigenvalue weighted by atomic mass is 10.1. The molecule has 0 fully saturated rings. The van der Waals surface area contributed by atoms with Gasteiger partial charge in [0.05, 0.1) is 10.5 Å². The van der Waals surface area contributed by atoms with Crippen LogP contribution in [0.15, 0.2) is 42.5 Å². The van der Waals surface area contributed by atoms with Gasteiger partial charge in [0.25, 0.3) is 17.5 Å². The molecule has 0 aromatic heterocycles. The molecule has 0 spiro atoms. The minimum absolute atomic E-state index is 0.0971. The first kappa shape index (κ1) is 19.2. The Bertz CT molecular complexity index is 991. The number of carbonyl (C=O) groups excluding carboxylic acids is 3. The van der Waals surface area contributed by atoms with Crippen LogP contribution in [0.2, 0.25) is 0 Å². The zero-order valence-electron chi connectivity index (χ0n) is 14.9. The highest BCUT2D eigenvalue weighted by atomic mass is 19.1. The minimum atomic E-state index is -0.873. The van der Waals surface area contributed by atoms with Crippen LogP contribution in [0.4, 0.5) is 10.1 Å². The van der Waals surface area contributed by atoms with Gasteiger partial charge >= 0.3 is 0 Å². The highest BCUT2D eigenvalue weighted by Crippen LogP contribution is 2.30. The van der Waals surface area contributed by atoms with Gasteiger partial charge in [-0.15, -0.1) is 0 Å². The first-order valence-electron chi connectivity index (χ1n) is 8.49. The van der Waals surface area contributed by atoms with Crippen molar-refractivity contribution < 1.29 is 23.7 Å². The van der Waals surface area contributed by atoms with Crippen LogP contribution in [0, 0.1) is 15.9 Å². The smallest absolute Gasteiger partial charge is 0.282 e. The van der Waals surface area contributed by atoms with E-state index in [1.165, 1.54) is 35.2 Å². The van der Waals surface area contributed by atoms with Crippen molar-refractivity contribution in [3.63, 3.8) is 0 Å². The molecule has 8 nitrogen and oxygen atoms in total. The van der Waals surface area contributed by atoms with Crippen molar-refractivity contribution in [2.24, 2.45) is 0 Å². The van der Waals surface area contributed by atoms with E-state index in [2.05, 4.69) is 0 Å². The van der Waals surface area contributed by atoms with Crippen molar-refractivity contribution in [3.05, 3.63) is 75.1 Å². The maximum absolute atomic E-state index is 13.4. The van der Waals surface area contributed by atoms with Crippen LogP contribution >= 0.6 is 0 Å². The Labute approximate surface area is 159 Å². The number of likely N-dealkylation sites (N-methyl/N-ethyl adjacent to an activating group) is 1. The summed E-state index contributed by atoms with van der Waals surface area (Å²) in [6.07, 6.45) is 0. The minimum Gasteiger partial charge on any atom is -0.337 e. The third-order valence-corrected chi connectivity index (χ3v) is 4.46. The zero-order valence-corrected chi connectivity index (χ0v) is 14.9. The summed E-state index contributed by atoms with van der Waals surface area (Å²) in [5, 5.41) is 11.1. The number of benzene rings is 2. The lowest BCUT2D eigenvalue weighted by molar-refractivity contribution is -0.385. The Morgan fingerprint density at radius 3 is 2.54 bits per heavy atom. The summed E-state index contributed by atoms with van der Waals surface area (Å²) >= 11 is 0. The Hall–Kier alpha value is -3.62. The summed E-state index contributed by atoms with van der Waals surface area (Å²) < 4.78 is 13.4. The molecule has 9 heteroatoms. The van der Waals surface area contributed by atoms with Gasteiger partial charge in [-0.3, -0.25) is 29.4 Å². The largest absolute Gasteiger partial charge is 0.337 e. The van der Waals surface area contributed by atoms with Crippen molar-refractivity contribution in [1.29, 1.82) is 0 Å². The molecule has 0 atom stereocenters. The molecule has 0 saturated heterocycles. The Balaban J connectivity index is 1.80. The quantitative estimate of drug-likeness (QED) is 0.432. The van der Waals surface area contributed by atoms with Gasteiger partial charge in [-0.25, -0.2) is 4.39 Å². The third-order valence-electron chi connectivity index (χ3n) is 4.46. The standard InChI is InChI=1S/C19H16FN3O5/c1-2-21(10-12-5-3-6-13(20)9-12)16(24)11-22-18(25)14-7-4-8-15(23(27)28)17(14)19(22)26/h3-9H,2,10-11H2,1H3. The van der Waals surface area contributed by atoms with Crippen molar-refractivity contribution >= 4 is 23.4 Å². The summed E-state index contributed by atoms with van der Waals surface area (Å²) in [4.78, 5) is 50.2. The first-order chi connectivity index (χ1) is 13.3. The number of hydrogen-bond acceptors (Lipinski definition) is 5. The number of carbonyl (C=O) groups is 3. The van der Waals surface area contributed by atoms with Gasteiger partial charge in [-0.1, -0.05) is 18.2 Å². The summed E-state index contributed by atoms with van der Waals surface area (Å²) in [6.45, 7) is 1.55. The monoisotopic (exact) mass is 385 g/mol. The van der Waals surface area contributed by atoms with Crippen LogP contribution < -0.4 is 0 Å². The van der Waals surface area contributed by atoms with E-state index in [1.807, 2.05) is 0 Å². The molecule has 0 unspecified atom stereocenters. The van der Waals surface area contributed by atoms with Gasteiger partial charge in [0.2, 0.25) is 5.91 Å². The molecule has 3 rings (SSSR count). The lowest BCUT2D eigenvalue weighted by Crippen LogP contribution is -2.42. The number of amides is 3. The molecule has 144 valence electrons. The van der Waals surface area contributed by atoms with Gasteiger partial charge < -0.3 is 4.90 Å². The van der Waals surface area contributed by atoms with Crippen molar-refractivity contribution in [1.82, 2.24) is 9.80 Å². The molecule has 3 amide bonds. The highest BCUT2D eigenvalue weighted by Gasteiger charge is 2.42. The number of hydrogen-bond donors (Lipinski definition) is 0. The van der Waals surface area contributed by atoms with Gasteiger partial charge in [-0.2, -0.15) is 0 Å². The topological polar surface area (TPSA) is 101 Å². The molecule has 0 bridgehead atoms. The molecular weight excluding hydrogens is 369 g/mol. The highest BCUT2D eigenvalue weighted by molar-refractivity contribution is 6.24. The maximum Gasteiger partial charge on any atom is 0.282 e. The Morgan fingerprint density at radius 1 is 1.18 bits per heavy atom. The molecule has 2 aromatic rings. The van der Waals surface area contributed by atoms with E-state index in [1.54, 1.807) is 13.0 Å². The second kappa shape index (κ2) is 7.55. The second-order valence-electron chi connectivity index (χ2n) is 6.19. The number of nitro benzene ring substituents is 1. The molecule has 1 aliphatic rings. The predicted octanol–water partition coefficient (Wildman–Crippen LogP) is 2.38. The SMILES string of the molecule is CCN(Cc1cccc(F)c1)C(=O)CN1C(=O)c2cccc([N+](=O)[O-])c2C1=O. The zero-order chi connectivity index (χ0) is 20.4. The van der Waals surface area contributed by atoms with Crippen LogP contribution in [0.5, 0.6) is 0 Å². The Morgan fingerprint density at radius 2 is 1.89 bits per heavy atom. The predicted molar refractivity (Wildman–Crippen MR) is 96.0 cm³/mol. The van der Waals surface area contributed by atoms with Gasteiger partial charge in [0, 0.05) is 19.2 Å². The molecular formula is C19H16FN3O5. The van der Waals surface area contributed by atoms with E-state index < -0.39 is 40.7 Å². The average Bonchev–Trinajstić information content (AvgIpc) is 2.91. The number of halogens is 1. The normalized spacial score (nSPS) is 12.9. The van der Waals surface area contributed by atoms with E-state index >= 15 is 0 Å². The second-order valence-corrected chi connectivity index (χ2v) is 6.19. The van der Waals surface area contributed by atoms with E-state index in [4.69, 9.17) is 0 Å². The molecule has 28 heavy (non-hydrogen) atoms.